The van der Waals surface area contributed by atoms with Crippen molar-refractivity contribution in [1.82, 2.24) is 19.8 Å². The largest absolute Gasteiger partial charge is 0.375 e. The van der Waals surface area contributed by atoms with Crippen molar-refractivity contribution in [2.75, 3.05) is 26.8 Å². The van der Waals surface area contributed by atoms with Gasteiger partial charge in [0.2, 0.25) is 15.9 Å². The lowest BCUT2D eigenvalue weighted by molar-refractivity contribution is -0.136. The zero-order valence-corrected chi connectivity index (χ0v) is 12.9. The number of carbonyl (C=O) groups excluding carboxylic acids is 1. The number of ether oxygens (including phenoxy) is 1. The van der Waals surface area contributed by atoms with Crippen molar-refractivity contribution in [3.8, 4) is 0 Å². The molecule has 8 nitrogen and oxygen atoms in total. The number of aryl methyl sites for hydroxylation is 1. The normalized spacial score (nSPS) is 17.1. The summed E-state index contributed by atoms with van der Waals surface area (Å²) in [6.07, 6.45) is 2.48. The van der Waals surface area contributed by atoms with Crippen LogP contribution in [0.3, 0.4) is 0 Å². The molecular weight excluding hydrogens is 296 g/mol. The molecule has 0 radical (unpaired) electrons. The second-order valence-electron chi connectivity index (χ2n) is 5.07. The zero-order chi connectivity index (χ0) is 15.5. The minimum absolute atomic E-state index is 0.0601. The summed E-state index contributed by atoms with van der Waals surface area (Å²) >= 11 is 0. The van der Waals surface area contributed by atoms with Gasteiger partial charge in [-0.25, -0.2) is 13.1 Å². The second kappa shape index (κ2) is 6.54. The maximum Gasteiger partial charge on any atom is 0.248 e. The van der Waals surface area contributed by atoms with Crippen LogP contribution in [0.25, 0.3) is 0 Å². The smallest absolute Gasteiger partial charge is 0.248 e. The van der Waals surface area contributed by atoms with Crippen molar-refractivity contribution in [3.05, 3.63) is 11.9 Å². The summed E-state index contributed by atoms with van der Waals surface area (Å²) in [6, 6.07) is -0.170. The highest BCUT2D eigenvalue weighted by atomic mass is 32.2. The Morgan fingerprint density at radius 1 is 1.52 bits per heavy atom. The molecule has 2 rings (SSSR count). The van der Waals surface area contributed by atoms with Crippen LogP contribution >= 0.6 is 0 Å². The van der Waals surface area contributed by atoms with Crippen LogP contribution < -0.4 is 4.72 Å². The van der Waals surface area contributed by atoms with Gasteiger partial charge in [-0.1, -0.05) is 0 Å². The van der Waals surface area contributed by atoms with Gasteiger partial charge in [0, 0.05) is 26.2 Å². The molecule has 1 aliphatic rings. The number of methoxy groups -OCH3 is 1. The fraction of sp³-hybridized carbons (Fsp3) is 0.667. The van der Waals surface area contributed by atoms with E-state index in [0.717, 1.165) is 0 Å². The number of H-pyrrole nitrogens is 1. The molecule has 0 bridgehead atoms. The van der Waals surface area contributed by atoms with Crippen molar-refractivity contribution >= 4 is 15.9 Å². The number of hydrogen-bond donors (Lipinski definition) is 2. The zero-order valence-electron chi connectivity index (χ0n) is 12.1. The minimum atomic E-state index is -3.57. The Morgan fingerprint density at radius 2 is 2.19 bits per heavy atom. The summed E-state index contributed by atoms with van der Waals surface area (Å²) in [7, 11) is -2.09. The van der Waals surface area contributed by atoms with Gasteiger partial charge < -0.3 is 9.64 Å². The molecule has 0 unspecified atom stereocenters. The molecule has 0 saturated carbocycles. The Morgan fingerprint density at radius 3 is 2.71 bits per heavy atom. The summed E-state index contributed by atoms with van der Waals surface area (Å²) < 4.78 is 31.9. The van der Waals surface area contributed by atoms with Crippen LogP contribution in [-0.4, -0.2) is 62.3 Å². The van der Waals surface area contributed by atoms with Gasteiger partial charge >= 0.3 is 0 Å². The van der Waals surface area contributed by atoms with E-state index < -0.39 is 10.0 Å². The Bertz CT molecular complexity index is 590. The lowest BCUT2D eigenvalue weighted by Crippen LogP contribution is -2.47. The molecule has 2 heterocycles. The fourth-order valence-electron chi connectivity index (χ4n) is 2.35. The first-order chi connectivity index (χ1) is 9.94. The lowest BCUT2D eigenvalue weighted by atomic mass is 10.1. The Hall–Kier alpha value is -1.45. The van der Waals surface area contributed by atoms with Gasteiger partial charge in [0.05, 0.1) is 11.9 Å². The standard InChI is InChI=1S/C12H20N4O4S/c1-9-11(7-13-14-9)21(18,19)15-10-3-5-16(6-4-10)12(17)8-20-2/h7,10,15H,3-6,8H2,1-2H3,(H,13,14). The van der Waals surface area contributed by atoms with E-state index in [0.29, 0.717) is 31.6 Å². The molecule has 9 heteroatoms. The average molecular weight is 316 g/mol. The molecular formula is C12H20N4O4S. The van der Waals surface area contributed by atoms with Crippen molar-refractivity contribution < 1.29 is 17.9 Å². The molecule has 118 valence electrons. The first-order valence-corrected chi connectivity index (χ1v) is 8.21. The molecule has 0 spiro atoms. The van der Waals surface area contributed by atoms with Gasteiger partial charge in [-0.2, -0.15) is 5.10 Å². The van der Waals surface area contributed by atoms with E-state index in [4.69, 9.17) is 4.74 Å². The SMILES string of the molecule is COCC(=O)N1CCC(NS(=O)(=O)c2cn[nH]c2C)CC1. The van der Waals surface area contributed by atoms with Gasteiger partial charge in [0.25, 0.3) is 0 Å². The third kappa shape index (κ3) is 3.80. The van der Waals surface area contributed by atoms with Crippen molar-refractivity contribution in [3.63, 3.8) is 0 Å². The van der Waals surface area contributed by atoms with Crippen LogP contribution in [0.15, 0.2) is 11.1 Å². The van der Waals surface area contributed by atoms with Crippen molar-refractivity contribution in [2.45, 2.75) is 30.7 Å². The quantitative estimate of drug-likeness (QED) is 0.771. The topological polar surface area (TPSA) is 104 Å². The number of carbonyl (C=O) groups is 1. The van der Waals surface area contributed by atoms with E-state index in [1.807, 2.05) is 0 Å². The van der Waals surface area contributed by atoms with Crippen molar-refractivity contribution in [1.29, 1.82) is 0 Å². The van der Waals surface area contributed by atoms with Crippen LogP contribution in [0.2, 0.25) is 0 Å². The first kappa shape index (κ1) is 15.9. The maximum atomic E-state index is 12.2. The summed E-state index contributed by atoms with van der Waals surface area (Å²) in [5.74, 6) is -0.0653. The number of sulfonamides is 1. The molecule has 1 saturated heterocycles. The lowest BCUT2D eigenvalue weighted by Gasteiger charge is -2.32. The predicted molar refractivity (Wildman–Crippen MR) is 75.1 cm³/mol. The van der Waals surface area contributed by atoms with Gasteiger partial charge in [-0.15, -0.1) is 0 Å². The van der Waals surface area contributed by atoms with E-state index >= 15 is 0 Å². The number of likely N-dealkylation sites (tertiary alicyclic amines) is 1. The maximum absolute atomic E-state index is 12.2. The molecule has 1 fully saturated rings. The summed E-state index contributed by atoms with van der Waals surface area (Å²) in [6.45, 7) is 2.78. The molecule has 0 aliphatic carbocycles. The summed E-state index contributed by atoms with van der Waals surface area (Å²) in [4.78, 5) is 13.5. The molecule has 2 N–H and O–H groups in total. The van der Waals surface area contributed by atoms with Gasteiger partial charge in [-0.05, 0) is 19.8 Å². The molecule has 1 amide bonds. The van der Waals surface area contributed by atoms with Gasteiger partial charge in [0.1, 0.15) is 11.5 Å². The molecule has 0 atom stereocenters. The van der Waals surface area contributed by atoms with E-state index in [9.17, 15) is 13.2 Å². The Labute approximate surface area is 123 Å². The minimum Gasteiger partial charge on any atom is -0.375 e. The molecule has 1 aliphatic heterocycles. The van der Waals surface area contributed by atoms with Crippen LogP contribution in [0.1, 0.15) is 18.5 Å². The summed E-state index contributed by atoms with van der Waals surface area (Å²) in [5.41, 5.74) is 0.509. The highest BCUT2D eigenvalue weighted by Crippen LogP contribution is 2.16. The average Bonchev–Trinajstić information content (AvgIpc) is 2.86. The number of aromatic nitrogens is 2. The molecule has 1 aromatic heterocycles. The second-order valence-corrected chi connectivity index (χ2v) is 6.75. The number of hydrogen-bond acceptors (Lipinski definition) is 5. The highest BCUT2D eigenvalue weighted by Gasteiger charge is 2.27. The Balaban J connectivity index is 1.92. The van der Waals surface area contributed by atoms with Crippen LogP contribution in [0.4, 0.5) is 0 Å². The van der Waals surface area contributed by atoms with E-state index in [1.165, 1.54) is 13.3 Å². The van der Waals surface area contributed by atoms with Gasteiger partial charge in [-0.3, -0.25) is 9.89 Å². The Kier molecular flexibility index (Phi) is 4.96. The molecule has 21 heavy (non-hydrogen) atoms. The van der Waals surface area contributed by atoms with E-state index in [1.54, 1.807) is 11.8 Å². The number of nitrogens with zero attached hydrogens (tertiary/aromatic N) is 2. The number of piperidine rings is 1. The monoisotopic (exact) mass is 316 g/mol. The third-order valence-corrected chi connectivity index (χ3v) is 5.14. The number of aromatic amines is 1. The highest BCUT2D eigenvalue weighted by molar-refractivity contribution is 7.89. The van der Waals surface area contributed by atoms with Gasteiger partial charge in [0.15, 0.2) is 0 Å². The molecule has 1 aromatic rings. The first-order valence-electron chi connectivity index (χ1n) is 6.73. The van der Waals surface area contributed by atoms with E-state index in [-0.39, 0.29) is 23.5 Å². The predicted octanol–water partition coefficient (Wildman–Crippen LogP) is -0.366. The number of nitrogens with one attached hydrogen (secondary N) is 2. The fourth-order valence-corrected chi connectivity index (χ4v) is 3.80. The molecule has 0 aromatic carbocycles. The number of amides is 1. The summed E-state index contributed by atoms with van der Waals surface area (Å²) in [5, 5.41) is 6.34. The van der Waals surface area contributed by atoms with Crippen molar-refractivity contribution in [2.24, 2.45) is 0 Å². The van der Waals surface area contributed by atoms with Crippen LogP contribution in [0.5, 0.6) is 0 Å². The number of rotatable bonds is 5. The third-order valence-electron chi connectivity index (χ3n) is 3.51. The van der Waals surface area contributed by atoms with E-state index in [2.05, 4.69) is 14.9 Å². The van der Waals surface area contributed by atoms with Crippen LogP contribution in [0, 0.1) is 6.92 Å². The van der Waals surface area contributed by atoms with Crippen LogP contribution in [-0.2, 0) is 19.6 Å².